The minimum Gasteiger partial charge on any atom is -0.370 e. The molecule has 3 nitrogen and oxygen atoms in total. The largest absolute Gasteiger partial charge is 0.416 e. The maximum absolute atomic E-state index is 12.4. The summed E-state index contributed by atoms with van der Waals surface area (Å²) in [7, 11) is 0. The second-order valence-corrected chi connectivity index (χ2v) is 3.95. The van der Waals surface area contributed by atoms with E-state index in [9.17, 15) is 13.2 Å². The number of nitrogens with two attached hydrogens (primary N) is 1. The van der Waals surface area contributed by atoms with Crippen LogP contribution < -0.4 is 11.1 Å². The summed E-state index contributed by atoms with van der Waals surface area (Å²) >= 11 is 0. The Morgan fingerprint density at radius 1 is 1.35 bits per heavy atom. The number of halogens is 3. The van der Waals surface area contributed by atoms with E-state index in [0.29, 0.717) is 5.69 Å². The van der Waals surface area contributed by atoms with E-state index < -0.39 is 11.7 Å². The fourth-order valence-corrected chi connectivity index (χ4v) is 1.35. The number of aliphatic imine (C=N–C) groups is 1. The third-order valence-corrected chi connectivity index (χ3v) is 2.33. The summed E-state index contributed by atoms with van der Waals surface area (Å²) in [6, 6.07) is 5.10. The van der Waals surface area contributed by atoms with Crippen LogP contribution in [0.5, 0.6) is 0 Å². The minimum absolute atomic E-state index is 0.159. The minimum atomic E-state index is -4.35. The summed E-state index contributed by atoms with van der Waals surface area (Å²) in [5, 5.41) is 2.65. The van der Waals surface area contributed by atoms with Crippen LogP contribution in [-0.4, -0.2) is 12.0 Å². The Morgan fingerprint density at radius 2 is 2.06 bits per heavy atom. The highest BCUT2D eigenvalue weighted by molar-refractivity contribution is 5.92. The molecule has 0 unspecified atom stereocenters. The summed E-state index contributed by atoms with van der Waals surface area (Å²) in [4.78, 5) is 4.08. The molecule has 1 aliphatic rings. The number of benzene rings is 1. The predicted molar refractivity (Wildman–Crippen MR) is 59.7 cm³/mol. The molecule has 6 heteroatoms. The van der Waals surface area contributed by atoms with Gasteiger partial charge in [-0.15, -0.1) is 0 Å². The van der Waals surface area contributed by atoms with Crippen molar-refractivity contribution in [3.8, 4) is 0 Å². The molecule has 0 atom stereocenters. The van der Waals surface area contributed by atoms with Gasteiger partial charge in [0.1, 0.15) is 0 Å². The topological polar surface area (TPSA) is 50.4 Å². The van der Waals surface area contributed by atoms with Gasteiger partial charge in [-0.1, -0.05) is 6.07 Å². The third kappa shape index (κ3) is 3.37. The van der Waals surface area contributed by atoms with Crippen LogP contribution in [0.25, 0.3) is 0 Å². The molecule has 1 fully saturated rings. The van der Waals surface area contributed by atoms with Crippen molar-refractivity contribution in [2.75, 3.05) is 5.32 Å². The zero-order chi connectivity index (χ0) is 12.5. The first kappa shape index (κ1) is 11.8. The molecule has 0 heterocycles. The van der Waals surface area contributed by atoms with E-state index in [1.165, 1.54) is 12.1 Å². The van der Waals surface area contributed by atoms with E-state index in [2.05, 4.69) is 10.3 Å². The second kappa shape index (κ2) is 4.27. The molecular weight excluding hydrogens is 231 g/mol. The average Bonchev–Trinajstić information content (AvgIpc) is 3.00. The molecule has 3 N–H and O–H groups in total. The SMILES string of the molecule is NC(=NC1CC1)Nc1cccc(C(F)(F)F)c1. The van der Waals surface area contributed by atoms with E-state index in [1.807, 2.05) is 0 Å². The van der Waals surface area contributed by atoms with Crippen molar-refractivity contribution in [2.24, 2.45) is 10.7 Å². The maximum Gasteiger partial charge on any atom is 0.416 e. The quantitative estimate of drug-likeness (QED) is 0.619. The smallest absolute Gasteiger partial charge is 0.370 e. The normalized spacial score (nSPS) is 17.0. The van der Waals surface area contributed by atoms with Crippen LogP contribution in [0, 0.1) is 0 Å². The van der Waals surface area contributed by atoms with Gasteiger partial charge in [-0.2, -0.15) is 13.2 Å². The van der Waals surface area contributed by atoms with Crippen LogP contribution in [0.1, 0.15) is 18.4 Å². The van der Waals surface area contributed by atoms with Gasteiger partial charge < -0.3 is 11.1 Å². The summed E-state index contributed by atoms with van der Waals surface area (Å²) in [6.07, 6.45) is -2.37. The predicted octanol–water partition coefficient (Wildman–Crippen LogP) is 2.59. The van der Waals surface area contributed by atoms with Crippen LogP contribution >= 0.6 is 0 Å². The van der Waals surface area contributed by atoms with E-state index in [4.69, 9.17) is 5.73 Å². The van der Waals surface area contributed by atoms with Crippen molar-refractivity contribution in [3.63, 3.8) is 0 Å². The molecule has 1 aromatic carbocycles. The van der Waals surface area contributed by atoms with Gasteiger partial charge in [0, 0.05) is 5.69 Å². The molecule has 0 saturated heterocycles. The summed E-state index contributed by atoms with van der Waals surface area (Å²) in [6.45, 7) is 0. The van der Waals surface area contributed by atoms with Gasteiger partial charge in [0.15, 0.2) is 5.96 Å². The Kier molecular flexibility index (Phi) is 2.95. The highest BCUT2D eigenvalue weighted by Crippen LogP contribution is 2.30. The summed E-state index contributed by atoms with van der Waals surface area (Å²) < 4.78 is 37.3. The Labute approximate surface area is 96.5 Å². The van der Waals surface area contributed by atoms with Gasteiger partial charge in [-0.3, -0.25) is 0 Å². The molecule has 1 aromatic rings. The molecule has 0 bridgehead atoms. The summed E-state index contributed by atoms with van der Waals surface area (Å²) in [5.41, 5.74) is 5.15. The lowest BCUT2D eigenvalue weighted by molar-refractivity contribution is -0.137. The highest BCUT2D eigenvalue weighted by atomic mass is 19.4. The third-order valence-electron chi connectivity index (χ3n) is 2.33. The molecule has 2 rings (SSSR count). The van der Waals surface area contributed by atoms with Gasteiger partial charge >= 0.3 is 6.18 Å². The van der Waals surface area contributed by atoms with Gasteiger partial charge in [0.05, 0.1) is 11.6 Å². The monoisotopic (exact) mass is 243 g/mol. The van der Waals surface area contributed by atoms with Crippen molar-refractivity contribution in [2.45, 2.75) is 25.1 Å². The first-order valence-electron chi connectivity index (χ1n) is 5.23. The van der Waals surface area contributed by atoms with Crippen molar-refractivity contribution in [1.82, 2.24) is 0 Å². The van der Waals surface area contributed by atoms with Gasteiger partial charge in [-0.05, 0) is 31.0 Å². The fraction of sp³-hybridized carbons (Fsp3) is 0.364. The molecule has 17 heavy (non-hydrogen) atoms. The van der Waals surface area contributed by atoms with E-state index >= 15 is 0 Å². The van der Waals surface area contributed by atoms with Crippen LogP contribution in [0.15, 0.2) is 29.3 Å². The standard InChI is InChI=1S/C11H12F3N3/c12-11(13,14)7-2-1-3-9(6-7)17-10(15)16-8-4-5-8/h1-3,6,8H,4-5H2,(H3,15,16,17). The number of hydrogen-bond acceptors (Lipinski definition) is 1. The van der Waals surface area contributed by atoms with E-state index in [-0.39, 0.29) is 12.0 Å². The van der Waals surface area contributed by atoms with Crippen molar-refractivity contribution in [1.29, 1.82) is 0 Å². The Balaban J connectivity index is 2.10. The molecule has 0 aliphatic heterocycles. The number of nitrogens with zero attached hydrogens (tertiary/aromatic N) is 1. The van der Waals surface area contributed by atoms with E-state index in [0.717, 1.165) is 25.0 Å². The Morgan fingerprint density at radius 3 is 2.65 bits per heavy atom. The first-order chi connectivity index (χ1) is 7.95. The van der Waals surface area contributed by atoms with Crippen LogP contribution in [0.2, 0.25) is 0 Å². The molecular formula is C11H12F3N3. The van der Waals surface area contributed by atoms with Gasteiger partial charge in [0.25, 0.3) is 0 Å². The number of alkyl halides is 3. The Bertz CT molecular complexity index is 436. The molecule has 1 aliphatic carbocycles. The summed E-state index contributed by atoms with van der Waals surface area (Å²) in [5.74, 6) is 0.159. The zero-order valence-electron chi connectivity index (χ0n) is 8.96. The van der Waals surface area contributed by atoms with Gasteiger partial charge in [-0.25, -0.2) is 4.99 Å². The van der Waals surface area contributed by atoms with Crippen LogP contribution in [-0.2, 0) is 6.18 Å². The van der Waals surface area contributed by atoms with Gasteiger partial charge in [0.2, 0.25) is 0 Å². The number of rotatable bonds is 2. The Hall–Kier alpha value is -1.72. The average molecular weight is 243 g/mol. The molecule has 0 radical (unpaired) electrons. The number of guanidine groups is 1. The fourth-order valence-electron chi connectivity index (χ4n) is 1.35. The first-order valence-corrected chi connectivity index (χ1v) is 5.23. The number of anilines is 1. The molecule has 0 aromatic heterocycles. The molecule has 0 spiro atoms. The molecule has 92 valence electrons. The van der Waals surface area contributed by atoms with E-state index in [1.54, 1.807) is 0 Å². The molecule has 1 saturated carbocycles. The highest BCUT2D eigenvalue weighted by Gasteiger charge is 2.30. The number of hydrogen-bond donors (Lipinski definition) is 2. The van der Waals surface area contributed by atoms with Crippen molar-refractivity contribution >= 4 is 11.6 Å². The van der Waals surface area contributed by atoms with Crippen molar-refractivity contribution in [3.05, 3.63) is 29.8 Å². The lowest BCUT2D eigenvalue weighted by Crippen LogP contribution is -2.23. The lowest BCUT2D eigenvalue weighted by atomic mass is 10.2. The zero-order valence-corrected chi connectivity index (χ0v) is 8.96. The maximum atomic E-state index is 12.4. The van der Waals surface area contributed by atoms with Crippen LogP contribution in [0.3, 0.4) is 0 Å². The number of nitrogens with one attached hydrogen (secondary N) is 1. The second-order valence-electron chi connectivity index (χ2n) is 3.95. The lowest BCUT2D eigenvalue weighted by Gasteiger charge is -2.10. The van der Waals surface area contributed by atoms with Crippen molar-refractivity contribution < 1.29 is 13.2 Å². The van der Waals surface area contributed by atoms with Crippen LogP contribution in [0.4, 0.5) is 18.9 Å². The molecule has 0 amide bonds.